The van der Waals surface area contributed by atoms with Gasteiger partial charge in [0.05, 0.1) is 6.21 Å². The number of rotatable bonds is 5. The third kappa shape index (κ3) is 4.72. The van der Waals surface area contributed by atoms with Crippen molar-refractivity contribution in [2.45, 2.75) is 6.92 Å². The first-order valence-electron chi connectivity index (χ1n) is 6.41. The van der Waals surface area contributed by atoms with Gasteiger partial charge in [0.2, 0.25) is 0 Å². The minimum absolute atomic E-state index is 0.0372. The number of hydrogen-bond acceptors (Lipinski definition) is 3. The van der Waals surface area contributed by atoms with Crippen LogP contribution < -0.4 is 10.2 Å². The Hall–Kier alpha value is -2.69. The standard InChI is InChI=1S/C16H15FN2O2/c1-12-6-8-13(9-7-12)10-18-19-16(20)11-21-15-5-3-2-4-14(15)17/h2-10H,11H2,1H3,(H,19,20)/b18-10+. The molecule has 1 N–H and O–H groups in total. The van der Waals surface area contributed by atoms with Gasteiger partial charge in [-0.1, -0.05) is 42.0 Å². The van der Waals surface area contributed by atoms with Crippen molar-refractivity contribution in [1.82, 2.24) is 5.43 Å². The summed E-state index contributed by atoms with van der Waals surface area (Å²) in [7, 11) is 0. The third-order valence-electron chi connectivity index (χ3n) is 2.68. The van der Waals surface area contributed by atoms with Crippen molar-refractivity contribution in [3.05, 3.63) is 65.5 Å². The smallest absolute Gasteiger partial charge is 0.277 e. The Morgan fingerprint density at radius 1 is 1.24 bits per heavy atom. The van der Waals surface area contributed by atoms with Gasteiger partial charge in [-0.05, 0) is 24.6 Å². The largest absolute Gasteiger partial charge is 0.481 e. The van der Waals surface area contributed by atoms with Crippen LogP contribution in [-0.2, 0) is 4.79 Å². The molecule has 0 aromatic heterocycles. The molecular weight excluding hydrogens is 271 g/mol. The molecule has 0 unspecified atom stereocenters. The van der Waals surface area contributed by atoms with Crippen molar-refractivity contribution < 1.29 is 13.9 Å². The molecule has 108 valence electrons. The monoisotopic (exact) mass is 286 g/mol. The van der Waals surface area contributed by atoms with Crippen LogP contribution >= 0.6 is 0 Å². The second-order valence-electron chi connectivity index (χ2n) is 4.42. The number of nitrogens with zero attached hydrogens (tertiary/aromatic N) is 1. The fourth-order valence-electron chi connectivity index (χ4n) is 1.57. The summed E-state index contributed by atoms with van der Waals surface area (Å²) in [5, 5.41) is 3.81. The maximum Gasteiger partial charge on any atom is 0.277 e. The molecule has 0 saturated heterocycles. The second kappa shape index (κ2) is 7.19. The first-order valence-corrected chi connectivity index (χ1v) is 6.41. The Labute approximate surface area is 122 Å². The molecule has 0 bridgehead atoms. The van der Waals surface area contributed by atoms with Gasteiger partial charge >= 0.3 is 0 Å². The summed E-state index contributed by atoms with van der Waals surface area (Å²) in [6.07, 6.45) is 1.53. The van der Waals surface area contributed by atoms with Gasteiger partial charge in [0.25, 0.3) is 5.91 Å². The van der Waals surface area contributed by atoms with Crippen LogP contribution in [0.4, 0.5) is 4.39 Å². The minimum atomic E-state index is -0.506. The number of hydrogen-bond donors (Lipinski definition) is 1. The Balaban J connectivity index is 1.80. The van der Waals surface area contributed by atoms with Crippen molar-refractivity contribution in [3.63, 3.8) is 0 Å². The normalized spacial score (nSPS) is 10.6. The van der Waals surface area contributed by atoms with Gasteiger partial charge in [-0.15, -0.1) is 0 Å². The number of carbonyl (C=O) groups excluding carboxylic acids is 1. The fourth-order valence-corrected chi connectivity index (χ4v) is 1.57. The number of benzene rings is 2. The van der Waals surface area contributed by atoms with Crippen LogP contribution in [0.25, 0.3) is 0 Å². The highest BCUT2D eigenvalue weighted by Crippen LogP contribution is 2.14. The van der Waals surface area contributed by atoms with E-state index in [0.717, 1.165) is 11.1 Å². The zero-order chi connectivity index (χ0) is 15.1. The van der Waals surface area contributed by atoms with Gasteiger partial charge in [0, 0.05) is 0 Å². The highest BCUT2D eigenvalue weighted by atomic mass is 19.1. The first kappa shape index (κ1) is 14.7. The van der Waals surface area contributed by atoms with Crippen molar-refractivity contribution in [2.24, 2.45) is 5.10 Å². The molecule has 0 saturated carbocycles. The number of hydrazone groups is 1. The first-order chi connectivity index (χ1) is 10.1. The van der Waals surface area contributed by atoms with Crippen molar-refractivity contribution in [2.75, 3.05) is 6.61 Å². The number of para-hydroxylation sites is 1. The number of halogens is 1. The second-order valence-corrected chi connectivity index (χ2v) is 4.42. The van der Waals surface area contributed by atoms with E-state index in [1.165, 1.54) is 18.3 Å². The Kier molecular flexibility index (Phi) is 5.04. The van der Waals surface area contributed by atoms with Gasteiger partial charge in [0.1, 0.15) is 0 Å². The zero-order valence-corrected chi connectivity index (χ0v) is 11.5. The van der Waals surface area contributed by atoms with E-state index in [2.05, 4.69) is 10.5 Å². The molecule has 0 aliphatic rings. The average Bonchev–Trinajstić information content (AvgIpc) is 2.48. The SMILES string of the molecule is Cc1ccc(/C=N/NC(=O)COc2ccccc2F)cc1. The molecular formula is C16H15FN2O2. The summed E-state index contributed by atoms with van der Waals surface area (Å²) in [5.41, 5.74) is 4.34. The molecule has 2 aromatic carbocycles. The topological polar surface area (TPSA) is 50.7 Å². The molecule has 5 heteroatoms. The van der Waals surface area contributed by atoms with E-state index >= 15 is 0 Å². The Morgan fingerprint density at radius 3 is 2.67 bits per heavy atom. The number of aryl methyl sites for hydroxylation is 1. The van der Waals surface area contributed by atoms with Gasteiger partial charge in [-0.3, -0.25) is 4.79 Å². The Bertz CT molecular complexity index is 639. The van der Waals surface area contributed by atoms with Crippen LogP contribution in [-0.4, -0.2) is 18.7 Å². The van der Waals surface area contributed by atoms with Crippen molar-refractivity contribution >= 4 is 12.1 Å². The lowest BCUT2D eigenvalue weighted by Crippen LogP contribution is -2.24. The van der Waals surface area contributed by atoms with Crippen LogP contribution in [0.2, 0.25) is 0 Å². The van der Waals surface area contributed by atoms with E-state index in [9.17, 15) is 9.18 Å². The van der Waals surface area contributed by atoms with Crippen LogP contribution in [0.1, 0.15) is 11.1 Å². The van der Waals surface area contributed by atoms with E-state index in [4.69, 9.17) is 4.74 Å². The predicted molar refractivity (Wildman–Crippen MR) is 78.8 cm³/mol. The lowest BCUT2D eigenvalue weighted by atomic mass is 10.2. The van der Waals surface area contributed by atoms with Crippen molar-refractivity contribution in [3.8, 4) is 5.75 Å². The van der Waals surface area contributed by atoms with E-state index in [-0.39, 0.29) is 12.4 Å². The number of ether oxygens (including phenoxy) is 1. The van der Waals surface area contributed by atoms with E-state index in [1.807, 2.05) is 31.2 Å². The molecule has 4 nitrogen and oxygen atoms in total. The zero-order valence-electron chi connectivity index (χ0n) is 11.5. The summed E-state index contributed by atoms with van der Waals surface area (Å²) in [6, 6.07) is 13.6. The molecule has 2 aromatic rings. The maximum atomic E-state index is 13.3. The lowest BCUT2D eigenvalue weighted by molar-refractivity contribution is -0.123. The minimum Gasteiger partial charge on any atom is -0.481 e. The highest BCUT2D eigenvalue weighted by molar-refractivity contribution is 5.82. The molecule has 0 heterocycles. The quantitative estimate of drug-likeness (QED) is 0.678. The molecule has 0 radical (unpaired) electrons. The van der Waals surface area contributed by atoms with Crippen LogP contribution in [0.15, 0.2) is 53.6 Å². The summed E-state index contributed by atoms with van der Waals surface area (Å²) >= 11 is 0. The summed E-state index contributed by atoms with van der Waals surface area (Å²) < 4.78 is 18.3. The lowest BCUT2D eigenvalue weighted by Gasteiger charge is -2.05. The van der Waals surface area contributed by atoms with Gasteiger partial charge in [-0.25, -0.2) is 9.82 Å². The van der Waals surface area contributed by atoms with E-state index < -0.39 is 11.7 Å². The Morgan fingerprint density at radius 2 is 1.95 bits per heavy atom. The van der Waals surface area contributed by atoms with E-state index in [0.29, 0.717) is 0 Å². The average molecular weight is 286 g/mol. The molecule has 2 rings (SSSR count). The maximum absolute atomic E-state index is 13.3. The number of carbonyl (C=O) groups is 1. The molecule has 21 heavy (non-hydrogen) atoms. The molecule has 0 fully saturated rings. The van der Waals surface area contributed by atoms with Crippen LogP contribution in [0.3, 0.4) is 0 Å². The number of amides is 1. The number of nitrogens with one attached hydrogen (secondary N) is 1. The molecule has 0 aliphatic carbocycles. The van der Waals surface area contributed by atoms with Gasteiger partial charge in [-0.2, -0.15) is 5.10 Å². The van der Waals surface area contributed by atoms with Crippen LogP contribution in [0, 0.1) is 12.7 Å². The molecule has 0 spiro atoms. The van der Waals surface area contributed by atoms with Crippen molar-refractivity contribution in [1.29, 1.82) is 0 Å². The summed E-state index contributed by atoms with van der Waals surface area (Å²) in [6.45, 7) is 1.69. The molecule has 0 aliphatic heterocycles. The summed E-state index contributed by atoms with van der Waals surface area (Å²) in [4.78, 5) is 11.5. The van der Waals surface area contributed by atoms with E-state index in [1.54, 1.807) is 12.1 Å². The van der Waals surface area contributed by atoms with Crippen LogP contribution in [0.5, 0.6) is 5.75 Å². The summed E-state index contributed by atoms with van der Waals surface area (Å²) in [5.74, 6) is -0.926. The predicted octanol–water partition coefficient (Wildman–Crippen LogP) is 2.66. The van der Waals surface area contributed by atoms with Gasteiger partial charge < -0.3 is 4.74 Å². The molecule has 1 amide bonds. The third-order valence-corrected chi connectivity index (χ3v) is 2.68. The fraction of sp³-hybridized carbons (Fsp3) is 0.125. The molecule has 0 atom stereocenters. The highest BCUT2D eigenvalue weighted by Gasteiger charge is 2.04. The van der Waals surface area contributed by atoms with Gasteiger partial charge in [0.15, 0.2) is 18.2 Å².